The van der Waals surface area contributed by atoms with E-state index in [2.05, 4.69) is 164 Å². The molecule has 46 heteroatoms. The molecule has 0 bridgehead atoms. The number of aliphatic hydroxyl groups is 1. The number of fused-ring (bicyclic) bond motifs is 10. The Kier molecular flexibility index (Phi) is 26.6. The van der Waals surface area contributed by atoms with Gasteiger partial charge in [0.25, 0.3) is 0 Å². The molecule has 0 saturated carbocycles. The van der Waals surface area contributed by atoms with Gasteiger partial charge in [0.2, 0.25) is 29.7 Å². The van der Waals surface area contributed by atoms with Gasteiger partial charge in [0.05, 0.1) is 172 Å². The van der Waals surface area contributed by atoms with Crippen molar-refractivity contribution in [1.29, 1.82) is 0 Å². The highest BCUT2D eigenvalue weighted by Crippen LogP contribution is 2.38. The van der Waals surface area contributed by atoms with Crippen molar-refractivity contribution in [2.24, 2.45) is 29.6 Å². The second-order valence-electron chi connectivity index (χ2n) is 37.0. The normalized spacial score (nSPS) is 19.9. The molecule has 0 aliphatic carbocycles. The summed E-state index contributed by atoms with van der Waals surface area (Å²) in [5, 5.41) is 77.4. The first-order chi connectivity index (χ1) is 68.4. The van der Waals surface area contributed by atoms with Gasteiger partial charge >= 0.3 is 0 Å². The fraction of sp³-hybridized carbons (Fsp3) is 0.421. The van der Waals surface area contributed by atoms with E-state index in [1.807, 2.05) is 162 Å². The minimum Gasteiger partial charge on any atom is -0.393 e. The van der Waals surface area contributed by atoms with Crippen LogP contribution in [0.15, 0.2) is 124 Å². The lowest BCUT2D eigenvalue weighted by Gasteiger charge is -2.29. The van der Waals surface area contributed by atoms with Gasteiger partial charge in [0.15, 0.2) is 56.5 Å². The molecule has 20 aromatic heterocycles. The van der Waals surface area contributed by atoms with Crippen LogP contribution in [0, 0.1) is 98.8 Å². The lowest BCUT2D eigenvalue weighted by atomic mass is 9.98. The van der Waals surface area contributed by atoms with Crippen molar-refractivity contribution in [2.75, 3.05) is 92.7 Å². The maximum absolute atomic E-state index is 9.10. The zero-order valence-electron chi connectivity index (χ0n) is 81.1. The minimum absolute atomic E-state index is 0.122. The molecule has 25 rings (SSSR count). The molecule has 5 fully saturated rings. The average molecular weight is 1910 g/mol. The van der Waals surface area contributed by atoms with E-state index in [4.69, 9.17) is 69.1 Å². The van der Waals surface area contributed by atoms with Crippen LogP contribution in [0.3, 0.4) is 0 Å². The summed E-state index contributed by atoms with van der Waals surface area (Å²) in [4.78, 5) is 66.9. The van der Waals surface area contributed by atoms with E-state index < -0.39 is 0 Å². The third-order valence-corrected chi connectivity index (χ3v) is 26.6. The number of aryl methyl sites for hydroxylation is 10. The van der Waals surface area contributed by atoms with Crippen molar-refractivity contribution in [3.05, 3.63) is 180 Å². The summed E-state index contributed by atoms with van der Waals surface area (Å²) in [6.07, 6.45) is 30.7. The standard InChI is InChI=1S/4C19H22N8O.C13H12N8.C6H12O2/c4*1-11-6-17-21-10-22-26(17)8-15(11)23-19-20-7-14-13(3)25-27(18(14)24-19)16-4-5-28-9-12(16)2;1-7-3-11-15-6-16-21(11)5-10(7)17-13-14-4-9-8(2)19-20-12(9)18-13;1-5-4-8-3-2-6(5)7/h4*6-8,10,12,16H,4-5,9H2,1-3H3,(H,20,23,24);3-6H,1-2H3,(H2,14,17,18,19,20);5-7H,2-4H2,1H3. The molecule has 141 heavy (non-hydrogen) atoms. The second kappa shape index (κ2) is 40.2. The van der Waals surface area contributed by atoms with Crippen molar-refractivity contribution < 1.29 is 28.8 Å². The van der Waals surface area contributed by atoms with E-state index in [0.29, 0.717) is 65.0 Å². The molecule has 25 heterocycles. The van der Waals surface area contributed by atoms with Crippen LogP contribution >= 0.6 is 0 Å². The molecule has 20 aromatic rings. The predicted octanol–water partition coefficient (Wildman–Crippen LogP) is 13.5. The topological polar surface area (TPSA) is 506 Å². The lowest BCUT2D eigenvalue weighted by molar-refractivity contribution is -0.0282. The number of hydrogen-bond donors (Lipinski definition) is 7. The Morgan fingerprint density at radius 1 is 0.305 bits per heavy atom. The number of aromatic nitrogens is 35. The number of H-pyrrole nitrogens is 1. The van der Waals surface area contributed by atoms with Gasteiger partial charge < -0.3 is 55.4 Å². The van der Waals surface area contributed by atoms with E-state index in [9.17, 15) is 0 Å². The third kappa shape index (κ3) is 19.8. The van der Waals surface area contributed by atoms with E-state index in [1.165, 1.54) is 31.6 Å². The summed E-state index contributed by atoms with van der Waals surface area (Å²) in [7, 11) is 0. The van der Waals surface area contributed by atoms with E-state index in [-0.39, 0.29) is 30.3 Å². The first kappa shape index (κ1) is 93.3. The highest BCUT2D eigenvalue weighted by Gasteiger charge is 2.33. The number of nitrogens with one attached hydrogen (secondary N) is 6. The highest BCUT2D eigenvalue weighted by molar-refractivity contribution is 5.83. The third-order valence-electron chi connectivity index (χ3n) is 26.6. The van der Waals surface area contributed by atoms with Crippen LogP contribution < -0.4 is 26.6 Å². The molecule has 0 amide bonds. The number of nitrogens with zero attached hydrogens (tertiary/aromatic N) is 34. The number of anilines is 10. The fourth-order valence-corrected chi connectivity index (χ4v) is 18.2. The summed E-state index contributed by atoms with van der Waals surface area (Å²) in [6.45, 7) is 38.3. The Morgan fingerprint density at radius 3 is 0.787 bits per heavy atom. The number of aromatic amines is 1. The van der Waals surface area contributed by atoms with Crippen LogP contribution in [0.2, 0.25) is 0 Å². The maximum atomic E-state index is 9.10. The monoisotopic (exact) mass is 1910 g/mol. The number of hydrogen-bond acceptors (Lipinski definition) is 36. The molecule has 728 valence electrons. The van der Waals surface area contributed by atoms with E-state index >= 15 is 0 Å². The van der Waals surface area contributed by atoms with E-state index in [0.717, 1.165) is 261 Å². The fourth-order valence-electron chi connectivity index (χ4n) is 18.2. The number of rotatable bonds is 14. The van der Waals surface area contributed by atoms with Gasteiger partial charge in [-0.1, -0.05) is 34.6 Å². The van der Waals surface area contributed by atoms with Gasteiger partial charge in [-0.25, -0.2) is 91.1 Å². The summed E-state index contributed by atoms with van der Waals surface area (Å²) >= 11 is 0. The van der Waals surface area contributed by atoms with Gasteiger partial charge in [0.1, 0.15) is 31.6 Å². The van der Waals surface area contributed by atoms with Gasteiger partial charge in [-0.15, -0.1) is 0 Å². The summed E-state index contributed by atoms with van der Waals surface area (Å²) in [5.74, 6) is 4.54. The molecule has 5 aliphatic rings. The first-order valence-electron chi connectivity index (χ1n) is 47.4. The molecule has 0 aromatic carbocycles. The second-order valence-corrected chi connectivity index (χ2v) is 37.0. The molecular weight excluding hydrogens is 1800 g/mol. The smallest absolute Gasteiger partial charge is 0.229 e. The van der Waals surface area contributed by atoms with Crippen molar-refractivity contribution in [3.63, 3.8) is 0 Å². The van der Waals surface area contributed by atoms with Crippen LogP contribution in [-0.2, 0) is 23.7 Å². The van der Waals surface area contributed by atoms with Gasteiger partial charge in [-0.3, -0.25) is 5.10 Å². The van der Waals surface area contributed by atoms with Crippen molar-refractivity contribution in [1.82, 2.24) is 172 Å². The summed E-state index contributed by atoms with van der Waals surface area (Å²) in [6, 6.07) is 11.0. The molecule has 0 radical (unpaired) electrons. The lowest BCUT2D eigenvalue weighted by Crippen LogP contribution is -2.29. The van der Waals surface area contributed by atoms with Crippen molar-refractivity contribution in [2.45, 2.75) is 166 Å². The molecule has 0 spiro atoms. The zero-order valence-corrected chi connectivity index (χ0v) is 81.1. The van der Waals surface area contributed by atoms with Crippen molar-refractivity contribution in [3.8, 4) is 0 Å². The summed E-state index contributed by atoms with van der Waals surface area (Å²) < 4.78 is 44.3. The quantitative estimate of drug-likeness (QED) is 0.0531. The Balaban J connectivity index is 0.000000106. The highest BCUT2D eigenvalue weighted by atomic mass is 16.5. The minimum atomic E-state index is -0.122. The maximum Gasteiger partial charge on any atom is 0.229 e. The number of aliphatic hydroxyl groups excluding tert-OH is 1. The predicted molar refractivity (Wildman–Crippen MR) is 527 cm³/mol. The SMILES string of the molecule is CC1COCCC1O.Cc1cc2ncnn2cc1Nc1ncc2c(C)[nH]nc2n1.Cc1cc2ncnn2cc1Nc1ncc2c(C)nn(C3CCOCC3C)c2n1.Cc1cc2ncnn2cc1Nc1ncc2c(C)nn(C3CCOCC3C)c2n1.Cc1cc2ncnn2cc1Nc1ncc2c(C)nn(C3CCOCC3C)c2n1.Cc1cc2ncnn2cc1Nc1ncc2c(C)nn(C3CCOCC3C)c2n1. The van der Waals surface area contributed by atoms with E-state index in [1.54, 1.807) is 28.8 Å². The molecule has 7 N–H and O–H groups in total. The van der Waals surface area contributed by atoms with Gasteiger partial charge in [-0.2, -0.15) is 75.9 Å². The molecule has 10 atom stereocenters. The Hall–Kier alpha value is -15.4. The zero-order chi connectivity index (χ0) is 97.4. The van der Waals surface area contributed by atoms with Crippen LogP contribution in [-0.4, -0.2) is 249 Å². The van der Waals surface area contributed by atoms with Crippen LogP contribution in [0.1, 0.15) is 147 Å². The number of ether oxygens (including phenoxy) is 5. The number of pyridine rings is 5. The van der Waals surface area contributed by atoms with Crippen LogP contribution in [0.25, 0.3) is 83.4 Å². The average Bonchev–Trinajstić information content (AvgIpc) is 1.62. The molecule has 5 aliphatic heterocycles. The largest absolute Gasteiger partial charge is 0.393 e. The Labute approximate surface area is 807 Å². The van der Waals surface area contributed by atoms with Crippen molar-refractivity contribution >= 4 is 142 Å². The molecule has 46 nitrogen and oxygen atoms in total. The molecular formula is C95H112N40O6. The Morgan fingerprint density at radius 2 is 0.546 bits per heavy atom. The molecule has 10 unspecified atom stereocenters. The van der Waals surface area contributed by atoms with Gasteiger partial charge in [-0.05, 0) is 159 Å². The Bertz CT molecular complexity index is 7150. The van der Waals surface area contributed by atoms with Crippen LogP contribution in [0.5, 0.6) is 0 Å². The molecule has 5 saturated heterocycles. The van der Waals surface area contributed by atoms with Crippen LogP contribution in [0.4, 0.5) is 58.2 Å². The first-order valence-corrected chi connectivity index (χ1v) is 47.4. The summed E-state index contributed by atoms with van der Waals surface area (Å²) in [5.41, 5.74) is 22.5. The van der Waals surface area contributed by atoms with Gasteiger partial charge in [0, 0.05) is 99.3 Å².